The molecular formula is C23H28ClNO6S. The van der Waals surface area contributed by atoms with E-state index in [9.17, 15) is 14.4 Å². The number of carbonyl (C=O) groups excluding carboxylic acids is 3. The minimum Gasteiger partial charge on any atom is -0.468 e. The number of benzene rings is 1. The van der Waals surface area contributed by atoms with Crippen LogP contribution in [0.25, 0.3) is 0 Å². The highest BCUT2D eigenvalue weighted by Crippen LogP contribution is 2.52. The zero-order valence-electron chi connectivity index (χ0n) is 18.8. The maximum atomic E-state index is 12.6. The quantitative estimate of drug-likeness (QED) is 0.172. The third-order valence-electron chi connectivity index (χ3n) is 4.99. The molecule has 0 saturated heterocycles. The number of hydrogen-bond acceptors (Lipinski definition) is 8. The van der Waals surface area contributed by atoms with E-state index in [2.05, 4.69) is 0 Å². The molecule has 0 amide bonds. The van der Waals surface area contributed by atoms with Crippen LogP contribution in [0.5, 0.6) is 0 Å². The molecule has 2 rings (SSSR count). The number of alkyl halides is 1. The van der Waals surface area contributed by atoms with Gasteiger partial charge >= 0.3 is 17.9 Å². The van der Waals surface area contributed by atoms with Crippen molar-refractivity contribution >= 4 is 52.0 Å². The Morgan fingerprint density at radius 1 is 1.16 bits per heavy atom. The summed E-state index contributed by atoms with van der Waals surface area (Å²) in [4.78, 5) is 41.8. The van der Waals surface area contributed by atoms with E-state index in [0.717, 1.165) is 5.56 Å². The SMILES string of the molecule is CCOC(=O)/C=C/C(Cl)C1(CC(C(=O)OC)C(=O)OC)C(SC(C)C)=Nc2ccccc21. The smallest absolute Gasteiger partial charge is 0.330 e. The molecule has 0 N–H and O–H groups in total. The van der Waals surface area contributed by atoms with E-state index in [4.69, 9.17) is 30.8 Å². The number of carbonyl (C=O) groups is 3. The van der Waals surface area contributed by atoms with Gasteiger partial charge in [0.05, 0.1) is 42.3 Å². The van der Waals surface area contributed by atoms with Crippen molar-refractivity contribution in [3.05, 3.63) is 42.0 Å². The number of esters is 3. The second-order valence-electron chi connectivity index (χ2n) is 7.39. The van der Waals surface area contributed by atoms with Crippen LogP contribution in [0.15, 0.2) is 41.4 Å². The minimum absolute atomic E-state index is 0.0384. The van der Waals surface area contributed by atoms with E-state index >= 15 is 0 Å². The summed E-state index contributed by atoms with van der Waals surface area (Å²) in [5.41, 5.74) is 0.386. The predicted molar refractivity (Wildman–Crippen MR) is 125 cm³/mol. The zero-order valence-corrected chi connectivity index (χ0v) is 20.4. The Kier molecular flexibility index (Phi) is 9.33. The molecule has 0 saturated carbocycles. The Morgan fingerprint density at radius 2 is 1.78 bits per heavy atom. The number of aliphatic imine (C=N–C) groups is 1. The number of methoxy groups -OCH3 is 2. The molecule has 0 radical (unpaired) electrons. The van der Waals surface area contributed by atoms with E-state index < -0.39 is 34.6 Å². The molecule has 2 unspecified atom stereocenters. The van der Waals surface area contributed by atoms with Crippen molar-refractivity contribution in [3.8, 4) is 0 Å². The van der Waals surface area contributed by atoms with E-state index in [1.54, 1.807) is 6.92 Å². The van der Waals surface area contributed by atoms with E-state index in [1.807, 2.05) is 38.1 Å². The third kappa shape index (κ3) is 5.53. The van der Waals surface area contributed by atoms with Crippen LogP contribution in [0.1, 0.15) is 32.8 Å². The molecule has 1 heterocycles. The van der Waals surface area contributed by atoms with Gasteiger partial charge in [0, 0.05) is 11.3 Å². The van der Waals surface area contributed by atoms with Crippen LogP contribution in [-0.2, 0) is 34.0 Å². The first kappa shape index (κ1) is 25.9. The summed E-state index contributed by atoms with van der Waals surface area (Å²) >= 11 is 8.43. The molecular weight excluding hydrogens is 454 g/mol. The summed E-state index contributed by atoms with van der Waals surface area (Å²) in [7, 11) is 2.43. The molecule has 0 fully saturated rings. The Labute approximate surface area is 197 Å². The summed E-state index contributed by atoms with van der Waals surface area (Å²) in [6.07, 6.45) is 2.74. The number of thioether (sulfide) groups is 1. The maximum absolute atomic E-state index is 12.6. The topological polar surface area (TPSA) is 91.3 Å². The van der Waals surface area contributed by atoms with Crippen molar-refractivity contribution in [2.24, 2.45) is 10.9 Å². The Balaban J connectivity index is 2.67. The number of nitrogens with zero attached hydrogens (tertiary/aromatic N) is 1. The normalized spacial score (nSPS) is 18.4. The first-order valence-electron chi connectivity index (χ1n) is 10.2. The van der Waals surface area contributed by atoms with Crippen LogP contribution in [0, 0.1) is 5.92 Å². The summed E-state index contributed by atoms with van der Waals surface area (Å²) in [5, 5.41) is -0.0209. The number of halogens is 1. The fourth-order valence-corrected chi connectivity index (χ4v) is 5.17. The number of hydrogen-bond donors (Lipinski definition) is 0. The van der Waals surface area contributed by atoms with Crippen LogP contribution in [0.2, 0.25) is 0 Å². The van der Waals surface area contributed by atoms with Crippen LogP contribution in [0.3, 0.4) is 0 Å². The number of fused-ring (bicyclic) bond motifs is 1. The van der Waals surface area contributed by atoms with Gasteiger partial charge in [-0.15, -0.1) is 23.4 Å². The maximum Gasteiger partial charge on any atom is 0.330 e. The van der Waals surface area contributed by atoms with Crippen molar-refractivity contribution in [1.82, 2.24) is 0 Å². The number of ether oxygens (including phenoxy) is 3. The fourth-order valence-electron chi connectivity index (χ4n) is 3.59. The second-order valence-corrected chi connectivity index (χ2v) is 9.42. The third-order valence-corrected chi connectivity index (χ3v) is 6.66. The van der Waals surface area contributed by atoms with Crippen LogP contribution in [0.4, 0.5) is 5.69 Å². The second kappa shape index (κ2) is 11.5. The summed E-state index contributed by atoms with van der Waals surface area (Å²) in [6.45, 7) is 5.96. The van der Waals surface area contributed by atoms with Crippen molar-refractivity contribution in [2.45, 2.75) is 43.2 Å². The molecule has 1 aliphatic rings. The molecule has 1 aromatic carbocycles. The standard InChI is InChI=1S/C23H28ClNO6S/c1-6-31-19(26)12-11-18(24)23(13-15(20(27)29-4)21(28)30-5)16-9-7-8-10-17(16)25-22(23)32-14(2)3/h7-12,14-15,18H,6,13H2,1-5H3/b12-11+. The molecule has 2 atom stereocenters. The first-order valence-corrected chi connectivity index (χ1v) is 11.5. The van der Waals surface area contributed by atoms with E-state index in [-0.39, 0.29) is 18.3 Å². The van der Waals surface area contributed by atoms with Crippen LogP contribution in [-0.4, -0.2) is 54.4 Å². The van der Waals surface area contributed by atoms with Gasteiger partial charge in [-0.05, 0) is 25.0 Å². The highest BCUT2D eigenvalue weighted by atomic mass is 35.5. The van der Waals surface area contributed by atoms with Crippen molar-refractivity contribution < 1.29 is 28.6 Å². The molecule has 9 heteroatoms. The molecule has 7 nitrogen and oxygen atoms in total. The molecule has 174 valence electrons. The lowest BCUT2D eigenvalue weighted by atomic mass is 9.72. The monoisotopic (exact) mass is 481 g/mol. The Hall–Kier alpha value is -2.32. The largest absolute Gasteiger partial charge is 0.468 e. The highest BCUT2D eigenvalue weighted by molar-refractivity contribution is 8.14. The average molecular weight is 482 g/mol. The summed E-state index contributed by atoms with van der Waals surface area (Å²) in [6, 6.07) is 7.41. The Bertz CT molecular complexity index is 900. The molecule has 1 aliphatic heterocycles. The fraction of sp³-hybridized carbons (Fsp3) is 0.478. The lowest BCUT2D eigenvalue weighted by Gasteiger charge is -2.37. The molecule has 0 bridgehead atoms. The highest BCUT2D eigenvalue weighted by Gasteiger charge is 2.52. The predicted octanol–water partition coefficient (Wildman–Crippen LogP) is 4.19. The van der Waals surface area contributed by atoms with Gasteiger partial charge in [-0.25, -0.2) is 9.79 Å². The van der Waals surface area contributed by atoms with Gasteiger partial charge in [0.2, 0.25) is 0 Å². The first-order chi connectivity index (χ1) is 15.2. The minimum atomic E-state index is -1.23. The summed E-state index contributed by atoms with van der Waals surface area (Å²) < 4.78 is 14.7. The van der Waals surface area contributed by atoms with Gasteiger partial charge in [-0.3, -0.25) is 9.59 Å². The van der Waals surface area contributed by atoms with E-state index in [1.165, 1.54) is 38.1 Å². The van der Waals surface area contributed by atoms with Crippen LogP contribution < -0.4 is 0 Å². The van der Waals surface area contributed by atoms with Gasteiger partial charge < -0.3 is 14.2 Å². The lowest BCUT2D eigenvalue weighted by Crippen LogP contribution is -2.45. The molecule has 1 aromatic rings. The van der Waals surface area contributed by atoms with Crippen molar-refractivity contribution in [3.63, 3.8) is 0 Å². The van der Waals surface area contributed by atoms with Gasteiger partial charge in [-0.1, -0.05) is 38.1 Å². The average Bonchev–Trinajstić information content (AvgIpc) is 3.08. The van der Waals surface area contributed by atoms with Crippen molar-refractivity contribution in [1.29, 1.82) is 0 Å². The van der Waals surface area contributed by atoms with Crippen LogP contribution >= 0.6 is 23.4 Å². The van der Waals surface area contributed by atoms with Gasteiger partial charge in [0.25, 0.3) is 0 Å². The zero-order chi connectivity index (χ0) is 23.9. The van der Waals surface area contributed by atoms with Crippen molar-refractivity contribution in [2.75, 3.05) is 20.8 Å². The van der Waals surface area contributed by atoms with Gasteiger partial charge in [-0.2, -0.15) is 0 Å². The number of para-hydroxylation sites is 1. The van der Waals surface area contributed by atoms with Gasteiger partial charge in [0.1, 0.15) is 0 Å². The molecule has 0 spiro atoms. The van der Waals surface area contributed by atoms with E-state index in [0.29, 0.717) is 10.7 Å². The Morgan fingerprint density at radius 3 is 2.34 bits per heavy atom. The molecule has 32 heavy (non-hydrogen) atoms. The molecule has 0 aliphatic carbocycles. The van der Waals surface area contributed by atoms with Gasteiger partial charge in [0.15, 0.2) is 5.92 Å². The number of rotatable bonds is 9. The number of allylic oxidation sites excluding steroid dienone is 1. The summed E-state index contributed by atoms with van der Waals surface area (Å²) in [5.74, 6) is -3.22. The molecule has 0 aromatic heterocycles. The lowest BCUT2D eigenvalue weighted by molar-refractivity contribution is -0.159.